The molecule has 0 saturated carbocycles. The number of carboxylic acid groups (broad SMARTS) is 1. The highest BCUT2D eigenvalue weighted by atomic mass is 16.3. The lowest BCUT2D eigenvalue weighted by atomic mass is 10.0. The number of benzene rings is 2. The van der Waals surface area contributed by atoms with Crippen molar-refractivity contribution in [3.05, 3.63) is 65.7 Å². The van der Waals surface area contributed by atoms with Crippen molar-refractivity contribution < 1.29 is 9.90 Å². The molecule has 1 aromatic heterocycles. The Morgan fingerprint density at radius 3 is 2.45 bits per heavy atom. The van der Waals surface area contributed by atoms with Crippen molar-refractivity contribution in [1.82, 2.24) is 4.98 Å². The molecule has 0 aliphatic heterocycles. The molecular formula is C18H18N2O2. The summed E-state index contributed by atoms with van der Waals surface area (Å²) in [5.41, 5.74) is 11.3. The minimum Gasteiger partial charge on any atom is -0.483 e. The standard InChI is InChI=1S/C17H16N2.CH2O2/c1-12-6-5-9-14-10-15(11-18)17(19-16(12)14)13-7-3-2-4-8-13;2-1-3/h2-10H,11,18H2,1H3;1H,(H,2,3). The molecule has 0 spiro atoms. The third-order valence-electron chi connectivity index (χ3n) is 3.39. The van der Waals surface area contributed by atoms with Crippen molar-refractivity contribution in [3.8, 4) is 11.3 Å². The van der Waals surface area contributed by atoms with Crippen LogP contribution in [0.15, 0.2) is 54.6 Å². The molecule has 3 aromatic rings. The number of hydrogen-bond donors (Lipinski definition) is 2. The molecule has 0 unspecified atom stereocenters. The fourth-order valence-corrected chi connectivity index (χ4v) is 2.39. The summed E-state index contributed by atoms with van der Waals surface area (Å²) in [7, 11) is 0. The van der Waals surface area contributed by atoms with E-state index >= 15 is 0 Å². The number of aryl methyl sites for hydroxylation is 1. The summed E-state index contributed by atoms with van der Waals surface area (Å²) in [5.74, 6) is 0. The lowest BCUT2D eigenvalue weighted by Crippen LogP contribution is -2.02. The zero-order valence-corrected chi connectivity index (χ0v) is 12.4. The van der Waals surface area contributed by atoms with Crippen molar-refractivity contribution in [3.63, 3.8) is 0 Å². The third-order valence-corrected chi connectivity index (χ3v) is 3.39. The van der Waals surface area contributed by atoms with Crippen LogP contribution in [-0.2, 0) is 11.3 Å². The molecule has 0 bridgehead atoms. The van der Waals surface area contributed by atoms with Crippen LogP contribution in [0.3, 0.4) is 0 Å². The van der Waals surface area contributed by atoms with Gasteiger partial charge in [-0.2, -0.15) is 0 Å². The van der Waals surface area contributed by atoms with E-state index in [9.17, 15) is 0 Å². The maximum atomic E-state index is 8.36. The quantitative estimate of drug-likeness (QED) is 0.710. The Morgan fingerprint density at radius 1 is 1.14 bits per heavy atom. The maximum Gasteiger partial charge on any atom is 0.290 e. The first kappa shape index (κ1) is 15.7. The molecule has 0 saturated heterocycles. The molecule has 4 nitrogen and oxygen atoms in total. The molecule has 112 valence electrons. The van der Waals surface area contributed by atoms with Crippen LogP contribution >= 0.6 is 0 Å². The molecule has 0 atom stereocenters. The van der Waals surface area contributed by atoms with Gasteiger partial charge in [-0.15, -0.1) is 0 Å². The second-order valence-electron chi connectivity index (χ2n) is 4.82. The number of hydrogen-bond acceptors (Lipinski definition) is 3. The Morgan fingerprint density at radius 2 is 1.82 bits per heavy atom. The van der Waals surface area contributed by atoms with E-state index in [4.69, 9.17) is 20.6 Å². The van der Waals surface area contributed by atoms with Gasteiger partial charge in [0.2, 0.25) is 0 Å². The Balaban J connectivity index is 0.000000545. The van der Waals surface area contributed by atoms with E-state index in [1.54, 1.807) is 0 Å². The van der Waals surface area contributed by atoms with E-state index in [2.05, 4.69) is 43.3 Å². The van der Waals surface area contributed by atoms with Gasteiger partial charge in [0.1, 0.15) is 0 Å². The van der Waals surface area contributed by atoms with E-state index < -0.39 is 0 Å². The van der Waals surface area contributed by atoms with Gasteiger partial charge in [-0.25, -0.2) is 4.98 Å². The molecule has 0 amide bonds. The Kier molecular flexibility index (Phi) is 5.22. The number of carbonyl (C=O) groups is 1. The molecule has 4 heteroatoms. The number of nitrogens with two attached hydrogens (primary N) is 1. The van der Waals surface area contributed by atoms with Crippen molar-refractivity contribution in [2.24, 2.45) is 5.73 Å². The molecule has 0 radical (unpaired) electrons. The summed E-state index contributed by atoms with van der Waals surface area (Å²) >= 11 is 0. The second kappa shape index (κ2) is 7.33. The van der Waals surface area contributed by atoms with Crippen LogP contribution in [0, 0.1) is 6.92 Å². The maximum absolute atomic E-state index is 8.36. The lowest BCUT2D eigenvalue weighted by molar-refractivity contribution is -0.122. The SMILES string of the molecule is Cc1cccc2cc(CN)c(-c3ccccc3)nc12.O=CO. The first-order chi connectivity index (χ1) is 10.7. The van der Waals surface area contributed by atoms with Crippen LogP contribution in [0.2, 0.25) is 0 Å². The normalized spacial score (nSPS) is 9.91. The summed E-state index contributed by atoms with van der Waals surface area (Å²) < 4.78 is 0. The number of pyridine rings is 1. The first-order valence-electron chi connectivity index (χ1n) is 6.93. The van der Waals surface area contributed by atoms with E-state index in [1.165, 1.54) is 5.56 Å². The Bertz CT molecular complexity index is 771. The van der Waals surface area contributed by atoms with E-state index in [0.29, 0.717) is 6.54 Å². The molecular weight excluding hydrogens is 276 g/mol. The molecule has 0 aliphatic carbocycles. The fourth-order valence-electron chi connectivity index (χ4n) is 2.39. The second-order valence-corrected chi connectivity index (χ2v) is 4.82. The van der Waals surface area contributed by atoms with Gasteiger partial charge in [-0.05, 0) is 24.1 Å². The van der Waals surface area contributed by atoms with Gasteiger partial charge in [-0.3, -0.25) is 4.79 Å². The largest absolute Gasteiger partial charge is 0.483 e. The summed E-state index contributed by atoms with van der Waals surface area (Å²) in [6.45, 7) is 2.34. The zero-order valence-electron chi connectivity index (χ0n) is 12.4. The van der Waals surface area contributed by atoms with Crippen LogP contribution in [0.5, 0.6) is 0 Å². The number of rotatable bonds is 2. The third kappa shape index (κ3) is 3.30. The Labute approximate surface area is 129 Å². The van der Waals surface area contributed by atoms with Crippen LogP contribution in [0.4, 0.5) is 0 Å². The summed E-state index contributed by atoms with van der Waals surface area (Å²) in [6, 6.07) is 18.6. The van der Waals surface area contributed by atoms with Gasteiger partial charge in [-0.1, -0.05) is 48.5 Å². The number of nitrogens with zero attached hydrogens (tertiary/aromatic N) is 1. The average Bonchev–Trinajstić information content (AvgIpc) is 2.56. The van der Waals surface area contributed by atoms with Crippen LogP contribution in [0.25, 0.3) is 22.2 Å². The van der Waals surface area contributed by atoms with Crippen molar-refractivity contribution in [2.45, 2.75) is 13.5 Å². The molecule has 0 fully saturated rings. The molecule has 22 heavy (non-hydrogen) atoms. The van der Waals surface area contributed by atoms with Crippen molar-refractivity contribution >= 4 is 17.4 Å². The average molecular weight is 294 g/mol. The molecule has 3 N–H and O–H groups in total. The number of para-hydroxylation sites is 1. The van der Waals surface area contributed by atoms with Gasteiger partial charge in [0.25, 0.3) is 6.47 Å². The van der Waals surface area contributed by atoms with Gasteiger partial charge in [0.05, 0.1) is 11.2 Å². The van der Waals surface area contributed by atoms with Crippen LogP contribution < -0.4 is 5.73 Å². The molecule has 0 aliphatic rings. The molecule has 3 rings (SSSR count). The monoisotopic (exact) mass is 294 g/mol. The van der Waals surface area contributed by atoms with E-state index in [0.717, 1.165) is 27.7 Å². The molecule has 2 aromatic carbocycles. The summed E-state index contributed by atoms with van der Waals surface area (Å²) in [5, 5.41) is 8.04. The molecule has 1 heterocycles. The first-order valence-corrected chi connectivity index (χ1v) is 6.93. The number of fused-ring (bicyclic) bond motifs is 1. The highest BCUT2D eigenvalue weighted by molar-refractivity contribution is 5.85. The van der Waals surface area contributed by atoms with Gasteiger partial charge >= 0.3 is 0 Å². The van der Waals surface area contributed by atoms with Crippen molar-refractivity contribution in [2.75, 3.05) is 0 Å². The predicted octanol–water partition coefficient (Wildman–Crippen LogP) is 3.37. The van der Waals surface area contributed by atoms with Gasteiger partial charge in [0.15, 0.2) is 0 Å². The van der Waals surface area contributed by atoms with Crippen LogP contribution in [0.1, 0.15) is 11.1 Å². The summed E-state index contributed by atoms with van der Waals surface area (Å²) in [6.07, 6.45) is 0. The Hall–Kier alpha value is -2.72. The predicted molar refractivity (Wildman–Crippen MR) is 88.5 cm³/mol. The fraction of sp³-hybridized carbons (Fsp3) is 0.111. The van der Waals surface area contributed by atoms with Gasteiger partial charge < -0.3 is 10.8 Å². The summed E-state index contributed by atoms with van der Waals surface area (Å²) in [4.78, 5) is 13.2. The number of aromatic nitrogens is 1. The van der Waals surface area contributed by atoms with Crippen molar-refractivity contribution in [1.29, 1.82) is 0 Å². The smallest absolute Gasteiger partial charge is 0.290 e. The van der Waals surface area contributed by atoms with Gasteiger partial charge in [0, 0.05) is 17.5 Å². The highest BCUT2D eigenvalue weighted by Gasteiger charge is 2.08. The minimum atomic E-state index is -0.250. The zero-order chi connectivity index (χ0) is 15.9. The highest BCUT2D eigenvalue weighted by Crippen LogP contribution is 2.26. The van der Waals surface area contributed by atoms with Crippen LogP contribution in [-0.4, -0.2) is 16.6 Å². The topological polar surface area (TPSA) is 76.2 Å². The lowest BCUT2D eigenvalue weighted by Gasteiger charge is -2.10. The minimum absolute atomic E-state index is 0.250. The van der Waals surface area contributed by atoms with E-state index in [-0.39, 0.29) is 6.47 Å². The van der Waals surface area contributed by atoms with E-state index in [1.807, 2.05) is 18.2 Å².